The molecule has 1 saturated heterocycles. The van der Waals surface area contributed by atoms with Crippen LogP contribution < -0.4 is 10.6 Å². The Morgan fingerprint density at radius 2 is 2.12 bits per heavy atom. The van der Waals surface area contributed by atoms with Gasteiger partial charge >= 0.3 is 0 Å². The van der Waals surface area contributed by atoms with Crippen LogP contribution in [0.4, 0.5) is 11.6 Å². The normalized spacial score (nSPS) is 19.9. The number of β-amino-alcohol motifs (C(OH)–C–C–N with tert-alkyl or cyclic N) is 1. The van der Waals surface area contributed by atoms with Crippen molar-refractivity contribution in [3.8, 4) is 0 Å². The van der Waals surface area contributed by atoms with Gasteiger partial charge in [-0.3, -0.25) is 0 Å². The Kier molecular flexibility index (Phi) is 5.34. The second-order valence-corrected chi connectivity index (χ2v) is 8.59. The maximum absolute atomic E-state index is 10.3. The number of aromatic nitrogens is 2. The molecule has 0 unspecified atom stereocenters. The topological polar surface area (TPSA) is 75.3 Å². The molecule has 1 aromatic carbocycles. The van der Waals surface area contributed by atoms with Crippen molar-refractivity contribution in [2.24, 2.45) is 5.41 Å². The molecule has 0 radical (unpaired) electrons. The highest BCUT2D eigenvalue weighted by Crippen LogP contribution is 2.38. The van der Waals surface area contributed by atoms with Gasteiger partial charge in [0.15, 0.2) is 5.82 Å². The fourth-order valence-electron chi connectivity index (χ4n) is 2.63. The first-order valence-corrected chi connectivity index (χ1v) is 9.52. The molecule has 134 valence electrons. The van der Waals surface area contributed by atoms with E-state index in [2.05, 4.69) is 23.8 Å². The van der Waals surface area contributed by atoms with Crippen LogP contribution in [0.2, 0.25) is 10.0 Å². The number of aliphatic hydroxyl groups excluding tert-OH is 1. The van der Waals surface area contributed by atoms with Gasteiger partial charge in [-0.2, -0.15) is 0 Å². The van der Waals surface area contributed by atoms with Gasteiger partial charge in [-0.05, 0) is 24.0 Å². The lowest BCUT2D eigenvalue weighted by Gasteiger charge is -2.41. The Hall–Kier alpha value is -1.21. The Morgan fingerprint density at radius 3 is 2.80 bits per heavy atom. The van der Waals surface area contributed by atoms with Crippen LogP contribution in [-0.4, -0.2) is 34.3 Å². The Labute approximate surface area is 161 Å². The molecule has 1 atom stereocenters. The predicted octanol–water partition coefficient (Wildman–Crippen LogP) is 4.11. The molecule has 3 N–H and O–H groups in total. The van der Waals surface area contributed by atoms with Gasteiger partial charge in [0.2, 0.25) is 0 Å². The van der Waals surface area contributed by atoms with Crippen molar-refractivity contribution in [3.05, 3.63) is 34.4 Å². The third-order valence-electron chi connectivity index (χ3n) is 4.52. The quantitative estimate of drug-likeness (QED) is 0.809. The molecule has 0 bridgehead atoms. The van der Waals surface area contributed by atoms with Crippen LogP contribution in [0, 0.1) is 5.41 Å². The molecule has 1 aliphatic rings. The molecule has 0 spiro atoms. The summed E-state index contributed by atoms with van der Waals surface area (Å²) < 4.78 is 0. The molecule has 1 fully saturated rings. The summed E-state index contributed by atoms with van der Waals surface area (Å²) in [4.78, 5) is 11.7. The zero-order chi connectivity index (χ0) is 18.2. The number of benzene rings is 1. The van der Waals surface area contributed by atoms with E-state index in [0.29, 0.717) is 33.3 Å². The number of piperidine rings is 1. The number of hydrogen-bond donors (Lipinski definition) is 2. The van der Waals surface area contributed by atoms with Crippen LogP contribution in [0.1, 0.15) is 20.3 Å². The van der Waals surface area contributed by atoms with Crippen LogP contribution in [0.25, 0.3) is 0 Å². The fourth-order valence-corrected chi connectivity index (χ4v) is 3.91. The van der Waals surface area contributed by atoms with Crippen LogP contribution in [0.5, 0.6) is 0 Å². The molecular formula is C17H20Cl2N4OS. The summed E-state index contributed by atoms with van der Waals surface area (Å²) in [5, 5.41) is 11.8. The summed E-state index contributed by atoms with van der Waals surface area (Å²) in [5.41, 5.74) is 6.00. The first-order valence-electron chi connectivity index (χ1n) is 7.95. The molecule has 0 aliphatic carbocycles. The smallest absolute Gasteiger partial charge is 0.158 e. The molecule has 3 rings (SSSR count). The highest BCUT2D eigenvalue weighted by atomic mass is 35.5. The number of anilines is 2. The first kappa shape index (κ1) is 18.6. The Bertz CT molecular complexity index is 787. The Balaban J connectivity index is 1.79. The molecule has 8 heteroatoms. The van der Waals surface area contributed by atoms with Crippen LogP contribution in [0.15, 0.2) is 34.3 Å². The molecular weight excluding hydrogens is 379 g/mol. The standard InChI is InChI=1S/C17H20Cl2N4OS/c1-17(2)6-7-23(9-12(17)24)13-8-21-16(15(20)22-13)25-11-5-3-4-10(18)14(11)19/h3-5,8,12,24H,6-7,9H2,1-2H3,(H2,20,22)/t12-/m0/s1. The molecule has 25 heavy (non-hydrogen) atoms. The van der Waals surface area contributed by atoms with Gasteiger partial charge < -0.3 is 15.7 Å². The monoisotopic (exact) mass is 398 g/mol. The maximum atomic E-state index is 10.3. The molecule has 0 saturated carbocycles. The zero-order valence-electron chi connectivity index (χ0n) is 14.0. The van der Waals surface area contributed by atoms with E-state index in [-0.39, 0.29) is 5.41 Å². The number of halogens is 2. The van der Waals surface area contributed by atoms with Crippen LogP contribution in [0.3, 0.4) is 0 Å². The van der Waals surface area contributed by atoms with Gasteiger partial charge in [-0.1, -0.05) is 54.9 Å². The average molecular weight is 399 g/mol. The second kappa shape index (κ2) is 7.19. The van der Waals surface area contributed by atoms with Crippen LogP contribution >= 0.6 is 35.0 Å². The van der Waals surface area contributed by atoms with Crippen molar-refractivity contribution in [1.29, 1.82) is 0 Å². The predicted molar refractivity (Wildman–Crippen MR) is 104 cm³/mol. The number of aliphatic hydroxyl groups is 1. The molecule has 1 aliphatic heterocycles. The van der Waals surface area contributed by atoms with Gasteiger partial charge in [-0.25, -0.2) is 9.97 Å². The minimum Gasteiger partial charge on any atom is -0.391 e. The van der Waals surface area contributed by atoms with Gasteiger partial charge in [-0.15, -0.1) is 0 Å². The maximum Gasteiger partial charge on any atom is 0.158 e. The van der Waals surface area contributed by atoms with Gasteiger partial charge in [0.05, 0.1) is 22.3 Å². The van der Waals surface area contributed by atoms with E-state index >= 15 is 0 Å². The van der Waals surface area contributed by atoms with Crippen LogP contribution in [-0.2, 0) is 0 Å². The summed E-state index contributed by atoms with van der Waals surface area (Å²) in [6, 6.07) is 5.41. The number of nitrogens with two attached hydrogens (primary N) is 1. The van der Waals surface area contributed by atoms with Crippen molar-refractivity contribution < 1.29 is 5.11 Å². The van der Waals surface area contributed by atoms with E-state index in [4.69, 9.17) is 28.9 Å². The van der Waals surface area contributed by atoms with Gasteiger partial charge in [0.25, 0.3) is 0 Å². The summed E-state index contributed by atoms with van der Waals surface area (Å²) in [6.45, 7) is 5.48. The fraction of sp³-hybridized carbons (Fsp3) is 0.412. The van der Waals surface area contributed by atoms with E-state index in [1.807, 2.05) is 17.0 Å². The summed E-state index contributed by atoms with van der Waals surface area (Å²) in [5.74, 6) is 1.01. The number of nitrogens with zero attached hydrogens (tertiary/aromatic N) is 3. The van der Waals surface area contributed by atoms with Crippen molar-refractivity contribution in [3.63, 3.8) is 0 Å². The summed E-state index contributed by atoms with van der Waals surface area (Å²) in [6.07, 6.45) is 2.15. The Morgan fingerprint density at radius 1 is 1.36 bits per heavy atom. The zero-order valence-corrected chi connectivity index (χ0v) is 16.4. The lowest BCUT2D eigenvalue weighted by atomic mass is 9.80. The lowest BCUT2D eigenvalue weighted by molar-refractivity contribution is 0.0349. The molecule has 0 amide bonds. The molecule has 5 nitrogen and oxygen atoms in total. The van der Waals surface area contributed by atoms with Crippen molar-refractivity contribution in [1.82, 2.24) is 9.97 Å². The molecule has 1 aromatic heterocycles. The minimum atomic E-state index is -0.413. The summed E-state index contributed by atoms with van der Waals surface area (Å²) >= 11 is 13.6. The van der Waals surface area contributed by atoms with Crippen molar-refractivity contribution in [2.45, 2.75) is 36.3 Å². The largest absolute Gasteiger partial charge is 0.391 e. The number of rotatable bonds is 3. The summed E-state index contributed by atoms with van der Waals surface area (Å²) in [7, 11) is 0. The average Bonchev–Trinajstić information content (AvgIpc) is 2.56. The SMILES string of the molecule is CC1(C)CCN(c2cnc(Sc3cccc(Cl)c3Cl)c(N)n2)C[C@@H]1O. The molecule has 2 aromatic rings. The van der Waals surface area contributed by atoms with E-state index in [1.54, 1.807) is 12.3 Å². The second-order valence-electron chi connectivity index (χ2n) is 6.77. The highest BCUT2D eigenvalue weighted by molar-refractivity contribution is 7.99. The molecule has 2 heterocycles. The van der Waals surface area contributed by atoms with Crippen molar-refractivity contribution in [2.75, 3.05) is 23.7 Å². The van der Waals surface area contributed by atoms with E-state index in [1.165, 1.54) is 11.8 Å². The number of hydrogen-bond acceptors (Lipinski definition) is 6. The lowest BCUT2D eigenvalue weighted by Crippen LogP contribution is -2.48. The van der Waals surface area contributed by atoms with E-state index < -0.39 is 6.10 Å². The third-order valence-corrected chi connectivity index (χ3v) is 6.52. The van der Waals surface area contributed by atoms with Gasteiger partial charge in [0.1, 0.15) is 10.8 Å². The minimum absolute atomic E-state index is 0.0887. The highest BCUT2D eigenvalue weighted by Gasteiger charge is 2.34. The van der Waals surface area contributed by atoms with Crippen molar-refractivity contribution >= 4 is 46.6 Å². The number of nitrogen functional groups attached to an aromatic ring is 1. The van der Waals surface area contributed by atoms with Gasteiger partial charge in [0, 0.05) is 18.0 Å². The van der Waals surface area contributed by atoms with E-state index in [0.717, 1.165) is 17.9 Å². The van der Waals surface area contributed by atoms with E-state index in [9.17, 15) is 5.11 Å². The first-order chi connectivity index (χ1) is 11.8. The third kappa shape index (κ3) is 3.97.